The summed E-state index contributed by atoms with van der Waals surface area (Å²) in [6.07, 6.45) is 5.25. The molecule has 0 radical (unpaired) electrons. The number of nitrogens with one attached hydrogen (secondary N) is 1. The fourth-order valence-corrected chi connectivity index (χ4v) is 1.84. The van der Waals surface area contributed by atoms with Gasteiger partial charge in [0.05, 0.1) is 0 Å². The third kappa shape index (κ3) is 3.49. The van der Waals surface area contributed by atoms with E-state index >= 15 is 0 Å². The maximum absolute atomic E-state index is 12.9. The molecular formula is C13H18FNO. The Labute approximate surface area is 95.5 Å². The Morgan fingerprint density at radius 2 is 2.19 bits per heavy atom. The van der Waals surface area contributed by atoms with Crippen LogP contribution in [0.1, 0.15) is 31.2 Å². The highest BCUT2D eigenvalue weighted by molar-refractivity contribution is 5.32. The third-order valence-electron chi connectivity index (χ3n) is 3.02. The lowest BCUT2D eigenvalue weighted by atomic mass is 10.2. The molecule has 0 aliphatic heterocycles. The number of halogens is 1. The van der Waals surface area contributed by atoms with Gasteiger partial charge in [-0.25, -0.2) is 4.39 Å². The lowest BCUT2D eigenvalue weighted by molar-refractivity contribution is 0.460. The lowest BCUT2D eigenvalue weighted by Crippen LogP contribution is -2.15. The Morgan fingerprint density at radius 1 is 1.38 bits per heavy atom. The van der Waals surface area contributed by atoms with E-state index in [1.807, 2.05) is 0 Å². The quantitative estimate of drug-likeness (QED) is 0.727. The van der Waals surface area contributed by atoms with E-state index in [0.717, 1.165) is 12.5 Å². The van der Waals surface area contributed by atoms with Gasteiger partial charge in [0.15, 0.2) is 0 Å². The van der Waals surface area contributed by atoms with Crippen molar-refractivity contribution in [3.8, 4) is 5.75 Å². The summed E-state index contributed by atoms with van der Waals surface area (Å²) in [5, 5.41) is 12.7. The van der Waals surface area contributed by atoms with Gasteiger partial charge in [0.25, 0.3) is 0 Å². The van der Waals surface area contributed by atoms with E-state index in [-0.39, 0.29) is 11.6 Å². The first-order valence-corrected chi connectivity index (χ1v) is 5.94. The van der Waals surface area contributed by atoms with Gasteiger partial charge < -0.3 is 10.4 Å². The van der Waals surface area contributed by atoms with Crippen LogP contribution in [0.3, 0.4) is 0 Å². The molecule has 1 saturated carbocycles. The first-order chi connectivity index (χ1) is 7.75. The Kier molecular flexibility index (Phi) is 3.78. The zero-order chi connectivity index (χ0) is 11.4. The highest BCUT2D eigenvalue weighted by Crippen LogP contribution is 2.33. The first-order valence-electron chi connectivity index (χ1n) is 5.94. The SMILES string of the molecule is Oc1ccc(F)cc1CNCCCC1CC1. The molecule has 0 heterocycles. The molecule has 0 spiro atoms. The van der Waals surface area contributed by atoms with Gasteiger partial charge in [-0.1, -0.05) is 12.8 Å². The Balaban J connectivity index is 1.69. The molecule has 2 N–H and O–H groups in total. The molecule has 2 nitrogen and oxygen atoms in total. The normalized spacial score (nSPS) is 15.3. The van der Waals surface area contributed by atoms with E-state index in [1.54, 1.807) is 0 Å². The smallest absolute Gasteiger partial charge is 0.123 e. The summed E-state index contributed by atoms with van der Waals surface area (Å²) in [6.45, 7) is 1.47. The fraction of sp³-hybridized carbons (Fsp3) is 0.538. The van der Waals surface area contributed by atoms with Crippen molar-refractivity contribution in [1.29, 1.82) is 0 Å². The minimum Gasteiger partial charge on any atom is -0.508 e. The van der Waals surface area contributed by atoms with E-state index in [9.17, 15) is 9.50 Å². The molecule has 1 fully saturated rings. The number of phenols is 1. The third-order valence-corrected chi connectivity index (χ3v) is 3.02. The van der Waals surface area contributed by atoms with Crippen LogP contribution in [0.2, 0.25) is 0 Å². The van der Waals surface area contributed by atoms with Crippen molar-refractivity contribution in [3.63, 3.8) is 0 Å². The van der Waals surface area contributed by atoms with E-state index < -0.39 is 0 Å². The molecule has 0 atom stereocenters. The number of rotatable bonds is 6. The zero-order valence-electron chi connectivity index (χ0n) is 9.38. The van der Waals surface area contributed by atoms with Crippen molar-refractivity contribution in [1.82, 2.24) is 5.32 Å². The average Bonchev–Trinajstić information content (AvgIpc) is 3.06. The molecule has 1 aliphatic carbocycles. The second-order valence-corrected chi connectivity index (χ2v) is 4.54. The summed E-state index contributed by atoms with van der Waals surface area (Å²) in [6, 6.07) is 4.05. The molecule has 0 bridgehead atoms. The first kappa shape index (κ1) is 11.4. The highest BCUT2D eigenvalue weighted by atomic mass is 19.1. The largest absolute Gasteiger partial charge is 0.508 e. The highest BCUT2D eigenvalue weighted by Gasteiger charge is 2.19. The summed E-state index contributed by atoms with van der Waals surface area (Å²) >= 11 is 0. The standard InChI is InChI=1S/C13H18FNO/c14-12-5-6-13(16)11(8-12)9-15-7-1-2-10-3-4-10/h5-6,8,10,15-16H,1-4,7,9H2. The number of hydrogen-bond donors (Lipinski definition) is 2. The molecule has 0 amide bonds. The van der Waals surface area contributed by atoms with E-state index in [0.29, 0.717) is 12.1 Å². The second kappa shape index (κ2) is 5.30. The van der Waals surface area contributed by atoms with Gasteiger partial charge in [0.2, 0.25) is 0 Å². The molecule has 1 aromatic rings. The molecule has 0 saturated heterocycles. The summed E-state index contributed by atoms with van der Waals surface area (Å²) < 4.78 is 12.9. The van der Waals surface area contributed by atoms with Gasteiger partial charge in [-0.2, -0.15) is 0 Å². The summed E-state index contributed by atoms with van der Waals surface area (Å²) in [5.74, 6) is 0.827. The average molecular weight is 223 g/mol. The molecule has 0 aromatic heterocycles. The Morgan fingerprint density at radius 3 is 2.94 bits per heavy atom. The number of hydrogen-bond acceptors (Lipinski definition) is 2. The van der Waals surface area contributed by atoms with Crippen LogP contribution in [-0.2, 0) is 6.54 Å². The van der Waals surface area contributed by atoms with Crippen molar-refractivity contribution in [2.75, 3.05) is 6.54 Å². The molecule has 1 aromatic carbocycles. The molecule has 0 unspecified atom stereocenters. The summed E-state index contributed by atoms with van der Waals surface area (Å²) in [5.41, 5.74) is 0.631. The topological polar surface area (TPSA) is 32.3 Å². The minimum atomic E-state index is -0.299. The van der Waals surface area contributed by atoms with Gasteiger partial charge in [0.1, 0.15) is 11.6 Å². The van der Waals surface area contributed by atoms with Crippen molar-refractivity contribution >= 4 is 0 Å². The lowest BCUT2D eigenvalue weighted by Gasteiger charge is -2.06. The second-order valence-electron chi connectivity index (χ2n) is 4.54. The summed E-state index contributed by atoms with van der Waals surface area (Å²) in [4.78, 5) is 0. The van der Waals surface area contributed by atoms with Crippen molar-refractivity contribution in [3.05, 3.63) is 29.6 Å². The van der Waals surface area contributed by atoms with Crippen LogP contribution >= 0.6 is 0 Å². The predicted octanol–water partition coefficient (Wildman–Crippen LogP) is 2.81. The molecule has 88 valence electrons. The van der Waals surface area contributed by atoms with Gasteiger partial charge in [-0.05, 0) is 43.5 Å². The number of benzene rings is 1. The van der Waals surface area contributed by atoms with Gasteiger partial charge in [-0.15, -0.1) is 0 Å². The number of phenolic OH excluding ortho intramolecular Hbond substituents is 1. The summed E-state index contributed by atoms with van der Waals surface area (Å²) in [7, 11) is 0. The van der Waals surface area contributed by atoms with Crippen LogP contribution < -0.4 is 5.32 Å². The van der Waals surface area contributed by atoms with Crippen LogP contribution in [0, 0.1) is 11.7 Å². The molecule has 3 heteroatoms. The van der Waals surface area contributed by atoms with E-state index in [2.05, 4.69) is 5.32 Å². The van der Waals surface area contributed by atoms with Crippen LogP contribution in [0.5, 0.6) is 5.75 Å². The van der Waals surface area contributed by atoms with Gasteiger partial charge in [-0.3, -0.25) is 0 Å². The van der Waals surface area contributed by atoms with Gasteiger partial charge in [0, 0.05) is 12.1 Å². The van der Waals surface area contributed by atoms with Gasteiger partial charge >= 0.3 is 0 Å². The molecular weight excluding hydrogens is 205 g/mol. The number of aromatic hydroxyl groups is 1. The van der Waals surface area contributed by atoms with Crippen molar-refractivity contribution < 1.29 is 9.50 Å². The van der Waals surface area contributed by atoms with Crippen LogP contribution in [0.25, 0.3) is 0 Å². The van der Waals surface area contributed by atoms with E-state index in [1.165, 1.54) is 43.9 Å². The van der Waals surface area contributed by atoms with Crippen LogP contribution in [0.4, 0.5) is 4.39 Å². The molecule has 2 rings (SSSR count). The monoisotopic (exact) mass is 223 g/mol. The van der Waals surface area contributed by atoms with Crippen molar-refractivity contribution in [2.24, 2.45) is 5.92 Å². The Hall–Kier alpha value is -1.09. The van der Waals surface area contributed by atoms with Crippen LogP contribution in [0.15, 0.2) is 18.2 Å². The fourth-order valence-electron chi connectivity index (χ4n) is 1.84. The molecule has 16 heavy (non-hydrogen) atoms. The minimum absolute atomic E-state index is 0.163. The Bertz CT molecular complexity index is 350. The van der Waals surface area contributed by atoms with Crippen molar-refractivity contribution in [2.45, 2.75) is 32.2 Å². The van der Waals surface area contributed by atoms with E-state index in [4.69, 9.17) is 0 Å². The predicted molar refractivity (Wildman–Crippen MR) is 61.7 cm³/mol. The van der Waals surface area contributed by atoms with Crippen LogP contribution in [-0.4, -0.2) is 11.7 Å². The maximum atomic E-state index is 12.9. The maximum Gasteiger partial charge on any atom is 0.123 e. The molecule has 1 aliphatic rings. The zero-order valence-corrected chi connectivity index (χ0v) is 9.38.